The van der Waals surface area contributed by atoms with Crippen LogP contribution in [0.3, 0.4) is 0 Å². The number of hydrogen-bond acceptors (Lipinski definition) is 5. The van der Waals surface area contributed by atoms with Gasteiger partial charge in [-0.2, -0.15) is 0 Å². The zero-order chi connectivity index (χ0) is 18.3. The fourth-order valence-electron chi connectivity index (χ4n) is 1.74. The Morgan fingerprint density at radius 1 is 1.17 bits per heavy atom. The number of alkyl carbamates (subject to hydrolysis) is 1. The fourth-order valence-corrected chi connectivity index (χ4v) is 1.74. The maximum atomic E-state index is 12.2. The number of amides is 2. The van der Waals surface area contributed by atoms with Crippen LogP contribution in [0.4, 0.5) is 10.5 Å². The number of carbonyl (C=O) groups excluding carboxylic acids is 3. The Morgan fingerprint density at radius 3 is 2.38 bits per heavy atom. The van der Waals surface area contributed by atoms with Gasteiger partial charge in [0.15, 0.2) is 0 Å². The van der Waals surface area contributed by atoms with Gasteiger partial charge < -0.3 is 20.1 Å². The normalized spacial score (nSPS) is 12.0. The summed E-state index contributed by atoms with van der Waals surface area (Å²) in [5.41, 5.74) is 0.531. The van der Waals surface area contributed by atoms with Gasteiger partial charge >= 0.3 is 12.1 Å². The van der Waals surface area contributed by atoms with Crippen LogP contribution < -0.4 is 10.6 Å². The van der Waals surface area contributed by atoms with Crippen molar-refractivity contribution in [3.8, 4) is 0 Å². The van der Waals surface area contributed by atoms with E-state index in [9.17, 15) is 14.4 Å². The summed E-state index contributed by atoms with van der Waals surface area (Å²) < 4.78 is 10.1. The van der Waals surface area contributed by atoms with Gasteiger partial charge in [-0.25, -0.2) is 4.79 Å². The maximum Gasteiger partial charge on any atom is 0.408 e. The molecule has 1 unspecified atom stereocenters. The molecule has 0 aliphatic rings. The number of hydrogen-bond donors (Lipinski definition) is 2. The molecule has 0 spiro atoms. The third-order valence-electron chi connectivity index (χ3n) is 2.83. The molecule has 0 saturated heterocycles. The van der Waals surface area contributed by atoms with Crippen molar-refractivity contribution < 1.29 is 23.9 Å². The molecule has 132 valence electrons. The largest absolute Gasteiger partial charge is 0.461 e. The second-order valence-corrected chi connectivity index (χ2v) is 6.29. The van der Waals surface area contributed by atoms with Gasteiger partial charge in [-0.15, -0.1) is 0 Å². The van der Waals surface area contributed by atoms with Crippen molar-refractivity contribution in [2.45, 2.75) is 52.9 Å². The summed E-state index contributed by atoms with van der Waals surface area (Å²) in [6.07, 6.45) is -0.668. The average molecular weight is 336 g/mol. The summed E-state index contributed by atoms with van der Waals surface area (Å²) in [6.45, 7) is 8.13. The summed E-state index contributed by atoms with van der Waals surface area (Å²) in [5, 5.41) is 5.17. The number of para-hydroxylation sites is 1. The lowest BCUT2D eigenvalue weighted by atomic mass is 10.1. The fraction of sp³-hybridized carbons (Fsp3) is 0.471. The van der Waals surface area contributed by atoms with Crippen LogP contribution in [0.15, 0.2) is 24.3 Å². The van der Waals surface area contributed by atoms with Crippen LogP contribution in [-0.2, 0) is 25.7 Å². The number of ether oxygens (including phenoxy) is 2. The quantitative estimate of drug-likeness (QED) is 0.806. The van der Waals surface area contributed by atoms with Crippen molar-refractivity contribution in [3.63, 3.8) is 0 Å². The molecule has 0 aliphatic carbocycles. The summed E-state index contributed by atoms with van der Waals surface area (Å²) in [5.74, 6) is -0.813. The van der Waals surface area contributed by atoms with Gasteiger partial charge in [0.1, 0.15) is 18.2 Å². The third-order valence-corrected chi connectivity index (χ3v) is 2.83. The number of esters is 1. The molecule has 2 N–H and O–H groups in total. The molecule has 7 nitrogen and oxygen atoms in total. The number of nitrogens with one attached hydrogen (secondary N) is 2. The van der Waals surface area contributed by atoms with Gasteiger partial charge in [0.05, 0.1) is 0 Å². The Bertz CT molecular complexity index is 607. The van der Waals surface area contributed by atoms with Gasteiger partial charge in [0, 0.05) is 18.2 Å². The average Bonchev–Trinajstić information content (AvgIpc) is 2.44. The van der Waals surface area contributed by atoms with Crippen LogP contribution in [0.2, 0.25) is 0 Å². The first-order valence-corrected chi connectivity index (χ1v) is 7.60. The Labute approximate surface area is 141 Å². The first-order valence-electron chi connectivity index (χ1n) is 7.60. The van der Waals surface area contributed by atoms with E-state index < -0.39 is 29.6 Å². The highest BCUT2D eigenvalue weighted by atomic mass is 16.6. The van der Waals surface area contributed by atoms with Crippen LogP contribution in [-0.4, -0.2) is 29.6 Å². The Balaban J connectivity index is 2.67. The van der Waals surface area contributed by atoms with Crippen molar-refractivity contribution in [1.29, 1.82) is 0 Å². The Morgan fingerprint density at radius 2 is 1.79 bits per heavy atom. The van der Waals surface area contributed by atoms with E-state index in [1.807, 2.05) is 0 Å². The number of benzene rings is 1. The van der Waals surface area contributed by atoms with Gasteiger partial charge in [0.2, 0.25) is 5.91 Å². The van der Waals surface area contributed by atoms with E-state index in [0.717, 1.165) is 0 Å². The summed E-state index contributed by atoms with van der Waals surface area (Å²) in [7, 11) is 0. The molecule has 24 heavy (non-hydrogen) atoms. The minimum absolute atomic E-state index is 0.0552. The lowest BCUT2D eigenvalue weighted by Crippen LogP contribution is -2.44. The highest BCUT2D eigenvalue weighted by Gasteiger charge is 2.21. The molecule has 0 fully saturated rings. The van der Waals surface area contributed by atoms with E-state index in [1.54, 1.807) is 52.0 Å². The smallest absolute Gasteiger partial charge is 0.408 e. The zero-order valence-corrected chi connectivity index (χ0v) is 14.6. The topological polar surface area (TPSA) is 93.7 Å². The molecule has 1 rings (SSSR count). The van der Waals surface area contributed by atoms with Crippen LogP contribution in [0.25, 0.3) is 0 Å². The van der Waals surface area contributed by atoms with Gasteiger partial charge in [0.25, 0.3) is 0 Å². The maximum absolute atomic E-state index is 12.2. The van der Waals surface area contributed by atoms with Crippen molar-refractivity contribution in [2.24, 2.45) is 0 Å². The third kappa shape index (κ3) is 7.13. The van der Waals surface area contributed by atoms with Crippen molar-refractivity contribution in [1.82, 2.24) is 5.32 Å². The molecular formula is C17H24N2O5. The number of rotatable bonds is 5. The molecule has 0 bridgehead atoms. The molecular weight excluding hydrogens is 312 g/mol. The predicted molar refractivity (Wildman–Crippen MR) is 89.4 cm³/mol. The van der Waals surface area contributed by atoms with Gasteiger partial charge in [-0.05, 0) is 33.8 Å². The molecule has 1 atom stereocenters. The zero-order valence-electron chi connectivity index (χ0n) is 14.6. The van der Waals surface area contributed by atoms with E-state index in [0.29, 0.717) is 11.3 Å². The van der Waals surface area contributed by atoms with Crippen molar-refractivity contribution >= 4 is 23.7 Å². The minimum atomic E-state index is -0.790. The van der Waals surface area contributed by atoms with Crippen LogP contribution in [0.1, 0.15) is 40.2 Å². The summed E-state index contributed by atoms with van der Waals surface area (Å²) in [4.78, 5) is 34.8. The van der Waals surface area contributed by atoms with Crippen LogP contribution in [0, 0.1) is 0 Å². The highest BCUT2D eigenvalue weighted by Crippen LogP contribution is 2.16. The molecule has 0 radical (unpaired) electrons. The first-order chi connectivity index (χ1) is 11.1. The van der Waals surface area contributed by atoms with Gasteiger partial charge in [-0.3, -0.25) is 9.59 Å². The lowest BCUT2D eigenvalue weighted by Gasteiger charge is -2.22. The van der Waals surface area contributed by atoms with E-state index >= 15 is 0 Å². The van der Waals surface area contributed by atoms with Gasteiger partial charge in [-0.1, -0.05) is 18.2 Å². The molecule has 0 heterocycles. The SMILES string of the molecule is CC(=O)OCc1ccccc1NC(=O)C(C)NC(=O)OC(C)(C)C. The molecule has 1 aromatic carbocycles. The molecule has 2 amide bonds. The van der Waals surface area contributed by atoms with E-state index in [1.165, 1.54) is 6.92 Å². The molecule has 0 aromatic heterocycles. The van der Waals surface area contributed by atoms with Crippen molar-refractivity contribution in [3.05, 3.63) is 29.8 Å². The van der Waals surface area contributed by atoms with E-state index in [2.05, 4.69) is 10.6 Å². The minimum Gasteiger partial charge on any atom is -0.461 e. The van der Waals surface area contributed by atoms with Crippen LogP contribution >= 0.6 is 0 Å². The molecule has 1 aromatic rings. The monoisotopic (exact) mass is 336 g/mol. The second kappa shape index (κ2) is 8.33. The number of carbonyl (C=O) groups is 3. The summed E-state index contributed by atoms with van der Waals surface area (Å²) >= 11 is 0. The molecule has 0 aliphatic heterocycles. The Hall–Kier alpha value is -2.57. The van der Waals surface area contributed by atoms with Crippen molar-refractivity contribution in [2.75, 3.05) is 5.32 Å². The lowest BCUT2D eigenvalue weighted by molar-refractivity contribution is -0.142. The molecule has 7 heteroatoms. The van der Waals surface area contributed by atoms with Crippen LogP contribution in [0.5, 0.6) is 0 Å². The first kappa shape index (κ1) is 19.5. The molecule has 0 saturated carbocycles. The standard InChI is InChI=1S/C17H24N2O5/c1-11(18-16(22)24-17(3,4)5)15(21)19-14-9-7-6-8-13(14)10-23-12(2)20/h6-9,11H,10H2,1-5H3,(H,18,22)(H,19,21). The Kier molecular flexibility index (Phi) is 6.76. The van der Waals surface area contributed by atoms with E-state index in [4.69, 9.17) is 9.47 Å². The highest BCUT2D eigenvalue weighted by molar-refractivity contribution is 5.96. The second-order valence-electron chi connectivity index (χ2n) is 6.29. The van der Waals surface area contributed by atoms with E-state index in [-0.39, 0.29) is 6.61 Å². The summed E-state index contributed by atoms with van der Waals surface area (Å²) in [6, 6.07) is 6.17. The number of anilines is 1. The predicted octanol–water partition coefficient (Wildman–Crippen LogP) is 2.60.